The summed E-state index contributed by atoms with van der Waals surface area (Å²) >= 11 is 0. The first kappa shape index (κ1) is 16.7. The van der Waals surface area contributed by atoms with Crippen molar-refractivity contribution in [2.24, 2.45) is 0 Å². The normalized spacial score (nSPS) is 10.1. The van der Waals surface area contributed by atoms with Gasteiger partial charge in [0, 0.05) is 5.69 Å². The van der Waals surface area contributed by atoms with Crippen molar-refractivity contribution in [2.75, 3.05) is 5.32 Å². The molecule has 0 fully saturated rings. The third kappa shape index (κ3) is 3.97. The third-order valence-corrected chi connectivity index (χ3v) is 3.57. The Balaban J connectivity index is 0.000000924. The Morgan fingerprint density at radius 1 is 1.09 bits per heavy atom. The molecule has 0 aliphatic carbocycles. The van der Waals surface area contributed by atoms with Crippen LogP contribution in [0.4, 0.5) is 5.69 Å². The Morgan fingerprint density at radius 3 is 2.43 bits per heavy atom. The molecule has 2 heterocycles. The maximum Gasteiger partial charge on any atom is 0.266 e. The molecule has 0 unspecified atom stereocenters. The minimum Gasteiger partial charge on any atom is -0.322 e. The lowest BCUT2D eigenvalue weighted by molar-refractivity contribution is -0.682. The van der Waals surface area contributed by atoms with Gasteiger partial charge in [0.2, 0.25) is 6.33 Å². The lowest BCUT2D eigenvalue weighted by atomic mass is 10.1. The number of pyridine rings is 1. The van der Waals surface area contributed by atoms with Gasteiger partial charge in [-0.05, 0) is 37.1 Å². The lowest BCUT2D eigenvalue weighted by Gasteiger charge is -2.10. The first-order chi connectivity index (χ1) is 11.1. The molecule has 0 aliphatic rings. The van der Waals surface area contributed by atoms with Gasteiger partial charge in [-0.2, -0.15) is 0 Å². The Kier molecular flexibility index (Phi) is 5.52. The molecule has 23 heavy (non-hydrogen) atoms. The van der Waals surface area contributed by atoms with Crippen molar-refractivity contribution < 1.29 is 9.36 Å². The summed E-state index contributed by atoms with van der Waals surface area (Å²) < 4.78 is 3.88. The molecule has 2 aromatic heterocycles. The number of anilines is 1. The number of hydrogen-bond donors (Lipinski definition) is 1. The summed E-state index contributed by atoms with van der Waals surface area (Å²) in [5, 5.41) is 3.00. The molecule has 3 aromatic rings. The average Bonchev–Trinajstić information content (AvgIpc) is 2.95. The Hall–Kier alpha value is -2.62. The lowest BCUT2D eigenvalue weighted by Crippen LogP contribution is -2.38. The second kappa shape index (κ2) is 7.58. The molecule has 1 amide bonds. The van der Waals surface area contributed by atoms with Crippen LogP contribution in [0.5, 0.6) is 0 Å². The number of fused-ring (bicyclic) bond motifs is 1. The summed E-state index contributed by atoms with van der Waals surface area (Å²) in [5.74, 6) is -0.0201. The fraction of sp³-hybridized carbons (Fsp3) is 0.263. The van der Waals surface area contributed by atoms with Crippen molar-refractivity contribution in [3.63, 3.8) is 0 Å². The number of nitrogens with zero attached hydrogens (tertiary/aromatic N) is 2. The Morgan fingerprint density at radius 2 is 1.78 bits per heavy atom. The smallest absolute Gasteiger partial charge is 0.266 e. The highest BCUT2D eigenvalue weighted by Gasteiger charge is 2.12. The Labute approximate surface area is 137 Å². The molecule has 0 atom stereocenters. The highest BCUT2D eigenvalue weighted by atomic mass is 16.1. The van der Waals surface area contributed by atoms with Crippen LogP contribution in [-0.2, 0) is 11.3 Å². The van der Waals surface area contributed by atoms with Crippen molar-refractivity contribution in [1.82, 2.24) is 4.40 Å². The summed E-state index contributed by atoms with van der Waals surface area (Å²) in [5.41, 5.74) is 4.13. The maximum absolute atomic E-state index is 12.2. The van der Waals surface area contributed by atoms with Crippen LogP contribution in [0.25, 0.3) is 5.52 Å². The maximum atomic E-state index is 12.2. The standard InChI is InChI=1S/C17H17N3O.C2H6/c1-13-6-5-7-14(2)17(13)18-16(21)11-19-10-15-8-3-4-9-20(15)12-19;1-2/h3-10,12H,11H2,1-2H3;1-2H3/p+1. The second-order valence-electron chi connectivity index (χ2n) is 5.26. The van der Waals surface area contributed by atoms with E-state index in [-0.39, 0.29) is 5.91 Å². The van der Waals surface area contributed by atoms with Crippen LogP contribution < -0.4 is 9.88 Å². The number of nitrogens with one attached hydrogen (secondary N) is 1. The number of amides is 1. The van der Waals surface area contributed by atoms with Gasteiger partial charge in [-0.1, -0.05) is 38.1 Å². The largest absolute Gasteiger partial charge is 0.322 e. The number of aryl methyl sites for hydroxylation is 2. The summed E-state index contributed by atoms with van der Waals surface area (Å²) in [7, 11) is 0. The third-order valence-electron chi connectivity index (χ3n) is 3.57. The van der Waals surface area contributed by atoms with E-state index in [0.717, 1.165) is 22.3 Å². The first-order valence-electron chi connectivity index (χ1n) is 7.95. The molecule has 0 radical (unpaired) electrons. The van der Waals surface area contributed by atoms with E-state index in [1.165, 1.54) is 0 Å². The molecule has 0 bridgehead atoms. The SMILES string of the molecule is CC.Cc1cccc(C)c1NC(=O)C[n+]1cc2ccccn2c1. The van der Waals surface area contributed by atoms with E-state index in [2.05, 4.69) is 5.32 Å². The molecule has 0 saturated heterocycles. The predicted molar refractivity (Wildman–Crippen MR) is 93.5 cm³/mol. The van der Waals surface area contributed by atoms with E-state index in [1.807, 2.05) is 91.8 Å². The van der Waals surface area contributed by atoms with Crippen LogP contribution >= 0.6 is 0 Å². The molecule has 0 saturated carbocycles. The van der Waals surface area contributed by atoms with Gasteiger partial charge >= 0.3 is 0 Å². The summed E-state index contributed by atoms with van der Waals surface area (Å²) in [4.78, 5) is 12.2. The summed E-state index contributed by atoms with van der Waals surface area (Å²) in [6, 6.07) is 12.0. The quantitative estimate of drug-likeness (QED) is 0.739. The summed E-state index contributed by atoms with van der Waals surface area (Å²) in [6.45, 7) is 8.31. The van der Waals surface area contributed by atoms with Gasteiger partial charge in [0.25, 0.3) is 5.91 Å². The van der Waals surface area contributed by atoms with Crippen LogP contribution in [0.1, 0.15) is 25.0 Å². The van der Waals surface area contributed by atoms with E-state index in [9.17, 15) is 4.79 Å². The Bertz CT molecular complexity index is 752. The predicted octanol–water partition coefficient (Wildman–Crippen LogP) is 3.51. The molecule has 1 aromatic carbocycles. The van der Waals surface area contributed by atoms with Crippen molar-refractivity contribution in [3.05, 3.63) is 66.2 Å². The molecule has 0 aliphatic heterocycles. The zero-order valence-electron chi connectivity index (χ0n) is 14.2. The van der Waals surface area contributed by atoms with Gasteiger partial charge in [0.1, 0.15) is 6.20 Å². The van der Waals surface area contributed by atoms with Crippen LogP contribution in [0.2, 0.25) is 0 Å². The van der Waals surface area contributed by atoms with Gasteiger partial charge in [-0.3, -0.25) is 4.79 Å². The molecular weight excluding hydrogens is 286 g/mol. The molecule has 3 rings (SSSR count). The molecule has 1 N–H and O–H groups in total. The molecule has 4 heteroatoms. The first-order valence-corrected chi connectivity index (χ1v) is 7.95. The zero-order valence-corrected chi connectivity index (χ0v) is 14.2. The van der Waals surface area contributed by atoms with Crippen molar-refractivity contribution in [3.8, 4) is 0 Å². The van der Waals surface area contributed by atoms with Crippen LogP contribution in [0, 0.1) is 13.8 Å². The number of rotatable bonds is 3. The number of carbonyl (C=O) groups excluding carboxylic acids is 1. The van der Waals surface area contributed by atoms with E-state index < -0.39 is 0 Å². The van der Waals surface area contributed by atoms with E-state index in [0.29, 0.717) is 6.54 Å². The van der Waals surface area contributed by atoms with Crippen LogP contribution in [-0.4, -0.2) is 10.3 Å². The van der Waals surface area contributed by atoms with E-state index in [1.54, 1.807) is 0 Å². The fourth-order valence-corrected chi connectivity index (χ4v) is 2.49. The number of benzene rings is 1. The topological polar surface area (TPSA) is 37.4 Å². The van der Waals surface area contributed by atoms with Crippen molar-refractivity contribution >= 4 is 17.1 Å². The van der Waals surface area contributed by atoms with Crippen molar-refractivity contribution in [2.45, 2.75) is 34.2 Å². The molecular formula is C19H24N3O+. The minimum atomic E-state index is -0.0201. The number of carbonyl (C=O) groups is 1. The summed E-state index contributed by atoms with van der Waals surface area (Å²) in [6.07, 6.45) is 5.85. The van der Waals surface area contributed by atoms with Gasteiger partial charge < -0.3 is 5.32 Å². The van der Waals surface area contributed by atoms with Crippen LogP contribution in [0.3, 0.4) is 0 Å². The molecule has 120 valence electrons. The van der Waals surface area contributed by atoms with Gasteiger partial charge in [-0.25, -0.2) is 8.97 Å². The van der Waals surface area contributed by atoms with Gasteiger partial charge in [0.05, 0.1) is 6.20 Å². The minimum absolute atomic E-state index is 0.0201. The van der Waals surface area contributed by atoms with Gasteiger partial charge in [0.15, 0.2) is 12.1 Å². The highest BCUT2D eigenvalue weighted by Crippen LogP contribution is 2.19. The fourth-order valence-electron chi connectivity index (χ4n) is 2.49. The van der Waals surface area contributed by atoms with E-state index in [4.69, 9.17) is 0 Å². The number of imidazole rings is 1. The number of aromatic nitrogens is 2. The number of hydrogen-bond acceptors (Lipinski definition) is 1. The molecule has 0 spiro atoms. The average molecular weight is 310 g/mol. The molecule has 4 nitrogen and oxygen atoms in total. The van der Waals surface area contributed by atoms with E-state index >= 15 is 0 Å². The van der Waals surface area contributed by atoms with Crippen molar-refractivity contribution in [1.29, 1.82) is 0 Å². The van der Waals surface area contributed by atoms with Crippen LogP contribution in [0.15, 0.2) is 55.1 Å². The second-order valence-corrected chi connectivity index (χ2v) is 5.26. The number of para-hydroxylation sites is 1. The zero-order chi connectivity index (χ0) is 16.8. The monoisotopic (exact) mass is 310 g/mol. The highest BCUT2D eigenvalue weighted by molar-refractivity contribution is 5.91. The van der Waals surface area contributed by atoms with Gasteiger partial charge in [-0.15, -0.1) is 0 Å².